The van der Waals surface area contributed by atoms with Crippen LogP contribution in [0.3, 0.4) is 0 Å². The summed E-state index contributed by atoms with van der Waals surface area (Å²) in [6.07, 6.45) is 9.97. The van der Waals surface area contributed by atoms with E-state index in [1.165, 1.54) is 24.5 Å². The number of sulfonamides is 1. The molecule has 3 aromatic carbocycles. The van der Waals surface area contributed by atoms with Gasteiger partial charge in [0.25, 0.3) is 15.9 Å². The Balaban J connectivity index is 0.983. The maximum Gasteiger partial charge on any atom is 0.268 e. The van der Waals surface area contributed by atoms with Crippen molar-refractivity contribution in [2.45, 2.75) is 62.4 Å². The van der Waals surface area contributed by atoms with Crippen molar-refractivity contribution in [1.29, 1.82) is 0 Å². The zero-order valence-electron chi connectivity index (χ0n) is 31.0. The molecule has 13 heteroatoms. The Kier molecular flexibility index (Phi) is 11.0. The van der Waals surface area contributed by atoms with Gasteiger partial charge >= 0.3 is 0 Å². The highest BCUT2D eigenvalue weighted by molar-refractivity contribution is 7.90. The Hall–Kier alpha value is -4.62. The Morgan fingerprint density at radius 2 is 1.82 bits per heavy atom. The molecule has 0 bridgehead atoms. The number of rotatable bonds is 11. The van der Waals surface area contributed by atoms with Gasteiger partial charge in [-0.25, -0.2) is 18.1 Å². The number of nitrogens with one attached hydrogen (secondary N) is 3. The number of H-pyrrole nitrogens is 1. The van der Waals surface area contributed by atoms with Crippen LogP contribution in [-0.4, -0.2) is 74.6 Å². The van der Waals surface area contributed by atoms with Gasteiger partial charge in [0.1, 0.15) is 17.1 Å². The number of pyridine rings is 1. The first-order valence-corrected chi connectivity index (χ1v) is 21.1. The van der Waals surface area contributed by atoms with E-state index in [1.54, 1.807) is 30.6 Å². The van der Waals surface area contributed by atoms with E-state index in [9.17, 15) is 13.2 Å². The predicted octanol–water partition coefficient (Wildman–Crippen LogP) is 8.08. The van der Waals surface area contributed by atoms with E-state index in [2.05, 4.69) is 41.9 Å². The number of aromatic nitrogens is 2. The zero-order chi connectivity index (χ0) is 37.9. The minimum atomic E-state index is -4.20. The van der Waals surface area contributed by atoms with Gasteiger partial charge in [-0.05, 0) is 117 Å². The normalized spacial score (nSPS) is 19.8. The fourth-order valence-electron chi connectivity index (χ4n) is 8.13. The topological polar surface area (TPSA) is 129 Å². The average molecular weight is 783 g/mol. The minimum Gasteiger partial charge on any atom is -0.455 e. The molecule has 3 fully saturated rings. The smallest absolute Gasteiger partial charge is 0.268 e. The predicted molar refractivity (Wildman–Crippen MR) is 216 cm³/mol. The summed E-state index contributed by atoms with van der Waals surface area (Å²) in [7, 11) is -4.20. The molecule has 0 spiro atoms. The molecule has 0 aliphatic carbocycles. The molecule has 2 atom stereocenters. The number of piperidine rings is 2. The summed E-state index contributed by atoms with van der Waals surface area (Å²) in [5.41, 5.74) is 4.65. The molecular formula is C42H47ClN6O5S. The van der Waals surface area contributed by atoms with Crippen LogP contribution in [-0.2, 0) is 14.8 Å². The van der Waals surface area contributed by atoms with Crippen LogP contribution in [0.25, 0.3) is 11.0 Å². The third-order valence-electron chi connectivity index (χ3n) is 11.2. The van der Waals surface area contributed by atoms with Gasteiger partial charge in [-0.3, -0.25) is 9.69 Å². The zero-order valence-corrected chi connectivity index (χ0v) is 32.5. The first-order chi connectivity index (χ1) is 26.7. The Morgan fingerprint density at radius 1 is 0.982 bits per heavy atom. The molecule has 3 aliphatic rings. The molecule has 288 valence electrons. The third-order valence-corrected chi connectivity index (χ3v) is 12.8. The lowest BCUT2D eigenvalue weighted by Crippen LogP contribution is -2.41. The molecule has 55 heavy (non-hydrogen) atoms. The second-order valence-corrected chi connectivity index (χ2v) is 17.1. The SMILES string of the molecule is Cc1cc(S(=O)(=O)NC(=O)c2ccc(N3CCC(CN4CCCCC4c4ccc(Cl)cc4)CC3)cc2Oc2cnc3[nH]ccc3c2)ccc1NC1CCOC1. The number of anilines is 2. The second kappa shape index (κ2) is 16.2. The number of aromatic amines is 1. The number of halogens is 1. The average Bonchev–Trinajstić information content (AvgIpc) is 3.89. The Labute approximate surface area is 327 Å². The number of ether oxygens (including phenoxy) is 2. The Bertz CT molecular complexity index is 2250. The van der Waals surface area contributed by atoms with Gasteiger partial charge in [0.15, 0.2) is 0 Å². The quantitative estimate of drug-likeness (QED) is 0.122. The summed E-state index contributed by atoms with van der Waals surface area (Å²) in [5, 5.41) is 5.04. The lowest BCUT2D eigenvalue weighted by atomic mass is 9.91. The molecule has 2 unspecified atom stereocenters. The van der Waals surface area contributed by atoms with Crippen LogP contribution in [0.4, 0.5) is 11.4 Å². The summed E-state index contributed by atoms with van der Waals surface area (Å²) in [6, 6.07) is 22.8. The number of benzene rings is 3. The van der Waals surface area contributed by atoms with Gasteiger partial charge in [-0.2, -0.15) is 0 Å². The molecule has 3 N–H and O–H groups in total. The van der Waals surface area contributed by atoms with Gasteiger partial charge in [0, 0.05) is 66.3 Å². The monoisotopic (exact) mass is 782 g/mol. The maximum atomic E-state index is 13.8. The standard InChI is InChI=1S/C42H47ClN6O5S/c1-28-22-36(10-12-38(28)46-33-16-21-53-27-33)55(51,52)47-42(50)37-11-9-34(24-40(37)54-35-23-31-13-17-44-41(31)45-25-35)48-19-14-29(15-20-48)26-49-18-3-2-4-39(49)30-5-7-32(43)8-6-30/h5-13,17,22-25,29,33,39,46H,2-4,14-16,18-21,26-27H2,1H3,(H,44,45)(H,47,50). The molecule has 5 aromatic rings. The molecule has 11 nitrogen and oxygen atoms in total. The molecule has 8 rings (SSSR count). The summed E-state index contributed by atoms with van der Waals surface area (Å²) in [6.45, 7) is 7.03. The molecule has 3 aliphatic heterocycles. The van der Waals surface area contributed by atoms with Crippen molar-refractivity contribution in [3.8, 4) is 11.5 Å². The van der Waals surface area contributed by atoms with E-state index in [-0.39, 0.29) is 22.3 Å². The number of amides is 1. The van der Waals surface area contributed by atoms with Gasteiger partial charge in [-0.15, -0.1) is 0 Å². The van der Waals surface area contributed by atoms with E-state index in [0.717, 1.165) is 79.2 Å². The van der Waals surface area contributed by atoms with E-state index in [0.29, 0.717) is 36.6 Å². The number of fused-ring (bicyclic) bond motifs is 1. The first kappa shape index (κ1) is 37.3. The van der Waals surface area contributed by atoms with Crippen molar-refractivity contribution in [3.63, 3.8) is 0 Å². The van der Waals surface area contributed by atoms with E-state index in [4.69, 9.17) is 21.1 Å². The van der Waals surface area contributed by atoms with Crippen LogP contribution in [0.15, 0.2) is 90.1 Å². The molecular weight excluding hydrogens is 736 g/mol. The van der Waals surface area contributed by atoms with Crippen molar-refractivity contribution in [3.05, 3.63) is 107 Å². The van der Waals surface area contributed by atoms with Crippen molar-refractivity contribution in [2.75, 3.05) is 49.6 Å². The molecule has 0 radical (unpaired) electrons. The third kappa shape index (κ3) is 8.62. The summed E-state index contributed by atoms with van der Waals surface area (Å²) in [5.74, 6) is 0.468. The van der Waals surface area contributed by atoms with Crippen molar-refractivity contribution >= 4 is 49.9 Å². The molecule has 3 saturated heterocycles. The van der Waals surface area contributed by atoms with Crippen LogP contribution in [0.2, 0.25) is 5.02 Å². The number of aryl methyl sites for hydroxylation is 1. The van der Waals surface area contributed by atoms with Gasteiger partial charge < -0.3 is 24.7 Å². The minimum absolute atomic E-state index is 0.000296. The highest BCUT2D eigenvalue weighted by Crippen LogP contribution is 2.36. The van der Waals surface area contributed by atoms with Gasteiger partial charge in [0.05, 0.1) is 29.3 Å². The van der Waals surface area contributed by atoms with Gasteiger partial charge in [-0.1, -0.05) is 30.2 Å². The lowest BCUT2D eigenvalue weighted by molar-refractivity contribution is 0.0979. The van der Waals surface area contributed by atoms with Crippen molar-refractivity contribution < 1.29 is 22.7 Å². The largest absolute Gasteiger partial charge is 0.455 e. The highest BCUT2D eigenvalue weighted by Gasteiger charge is 2.29. The first-order valence-electron chi connectivity index (χ1n) is 19.2. The van der Waals surface area contributed by atoms with Crippen LogP contribution in [0.1, 0.15) is 66.1 Å². The van der Waals surface area contributed by atoms with Crippen LogP contribution >= 0.6 is 11.6 Å². The number of likely N-dealkylation sites (tertiary alicyclic amines) is 1. The van der Waals surface area contributed by atoms with E-state index < -0.39 is 15.9 Å². The number of nitrogens with zero attached hydrogens (tertiary/aromatic N) is 3. The van der Waals surface area contributed by atoms with Gasteiger partial charge in [0.2, 0.25) is 0 Å². The summed E-state index contributed by atoms with van der Waals surface area (Å²) >= 11 is 6.20. The lowest BCUT2D eigenvalue weighted by Gasteiger charge is -2.41. The highest BCUT2D eigenvalue weighted by atomic mass is 35.5. The maximum absolute atomic E-state index is 13.8. The second-order valence-electron chi connectivity index (χ2n) is 15.0. The molecule has 2 aromatic heterocycles. The van der Waals surface area contributed by atoms with E-state index >= 15 is 0 Å². The molecule has 5 heterocycles. The van der Waals surface area contributed by atoms with Crippen molar-refractivity contribution in [1.82, 2.24) is 19.6 Å². The molecule has 1 amide bonds. The fraction of sp³-hybridized carbons (Fsp3) is 0.381. The fourth-order valence-corrected chi connectivity index (χ4v) is 9.31. The summed E-state index contributed by atoms with van der Waals surface area (Å²) in [4.78, 5) is 26.3. The van der Waals surface area contributed by atoms with Crippen molar-refractivity contribution in [2.24, 2.45) is 5.92 Å². The van der Waals surface area contributed by atoms with Crippen LogP contribution in [0, 0.1) is 12.8 Å². The number of hydrogen-bond acceptors (Lipinski definition) is 9. The number of carbonyl (C=O) groups excluding carboxylic acids is 1. The van der Waals surface area contributed by atoms with Crippen LogP contribution < -0.4 is 19.7 Å². The number of hydrogen-bond donors (Lipinski definition) is 3. The van der Waals surface area contributed by atoms with Crippen LogP contribution in [0.5, 0.6) is 11.5 Å². The molecule has 0 saturated carbocycles. The number of carbonyl (C=O) groups is 1. The van der Waals surface area contributed by atoms with E-state index in [1.807, 2.05) is 43.3 Å². The summed E-state index contributed by atoms with van der Waals surface area (Å²) < 4.78 is 41.2. The Morgan fingerprint density at radius 3 is 2.60 bits per heavy atom.